The van der Waals surface area contributed by atoms with Crippen molar-refractivity contribution >= 4 is 39.5 Å². The molecule has 0 saturated carbocycles. The normalized spacial score (nSPS) is 11.7. The summed E-state index contributed by atoms with van der Waals surface area (Å²) in [6, 6.07) is 3.89. The van der Waals surface area contributed by atoms with E-state index >= 15 is 0 Å². The van der Waals surface area contributed by atoms with E-state index in [-0.39, 0.29) is 18.4 Å². The number of carbonyl (C=O) groups is 3. The van der Waals surface area contributed by atoms with E-state index in [0.717, 1.165) is 10.0 Å². The molecule has 0 saturated heterocycles. The molecule has 1 unspecified atom stereocenters. The number of nitrogens with two attached hydrogens (primary N) is 1. The van der Waals surface area contributed by atoms with Crippen LogP contribution in [0.2, 0.25) is 0 Å². The number of benzene rings is 1. The van der Waals surface area contributed by atoms with Crippen LogP contribution in [0.1, 0.15) is 19.4 Å². The fourth-order valence-electron chi connectivity index (χ4n) is 1.93. The standard InChI is InChI=1S/C15H21BrN4O3/c1-8(2)13(20-15(17)23)14(22)18-7-12(21)19-11-5-4-10(16)6-9(11)3/h4-6,8,13H,7H2,1-3H3,(H,18,22)(H,19,21)(H3,17,20,23). The van der Waals surface area contributed by atoms with Crippen molar-refractivity contribution in [3.8, 4) is 0 Å². The molecule has 126 valence electrons. The van der Waals surface area contributed by atoms with Crippen LogP contribution in [0.25, 0.3) is 0 Å². The van der Waals surface area contributed by atoms with E-state index in [4.69, 9.17) is 5.73 Å². The molecule has 0 radical (unpaired) electrons. The summed E-state index contributed by atoms with van der Waals surface area (Å²) in [7, 11) is 0. The molecule has 0 bridgehead atoms. The Labute approximate surface area is 143 Å². The minimum absolute atomic E-state index is 0.153. The van der Waals surface area contributed by atoms with Crippen molar-refractivity contribution in [2.75, 3.05) is 11.9 Å². The zero-order valence-electron chi connectivity index (χ0n) is 13.3. The largest absolute Gasteiger partial charge is 0.352 e. The van der Waals surface area contributed by atoms with Crippen molar-refractivity contribution in [2.24, 2.45) is 11.7 Å². The van der Waals surface area contributed by atoms with E-state index < -0.39 is 18.0 Å². The first-order chi connectivity index (χ1) is 10.7. The van der Waals surface area contributed by atoms with E-state index in [1.54, 1.807) is 19.9 Å². The van der Waals surface area contributed by atoms with Crippen LogP contribution >= 0.6 is 15.9 Å². The fourth-order valence-corrected chi connectivity index (χ4v) is 2.40. The number of hydrogen-bond donors (Lipinski definition) is 4. The van der Waals surface area contributed by atoms with E-state index in [2.05, 4.69) is 31.9 Å². The molecule has 0 aliphatic rings. The van der Waals surface area contributed by atoms with Gasteiger partial charge >= 0.3 is 6.03 Å². The van der Waals surface area contributed by atoms with Gasteiger partial charge in [0.2, 0.25) is 11.8 Å². The number of urea groups is 1. The Bertz CT molecular complexity index is 604. The molecule has 7 nitrogen and oxygen atoms in total. The number of anilines is 1. The quantitative estimate of drug-likeness (QED) is 0.595. The van der Waals surface area contributed by atoms with Crippen LogP contribution in [0, 0.1) is 12.8 Å². The van der Waals surface area contributed by atoms with Gasteiger partial charge in [0.15, 0.2) is 0 Å². The summed E-state index contributed by atoms with van der Waals surface area (Å²) in [5.41, 5.74) is 6.61. The van der Waals surface area contributed by atoms with E-state index in [1.807, 2.05) is 19.1 Å². The monoisotopic (exact) mass is 384 g/mol. The van der Waals surface area contributed by atoms with Gasteiger partial charge < -0.3 is 21.7 Å². The first-order valence-corrected chi connectivity index (χ1v) is 7.89. The maximum absolute atomic E-state index is 12.0. The molecule has 0 aliphatic carbocycles. The molecule has 4 amide bonds. The van der Waals surface area contributed by atoms with E-state index in [1.165, 1.54) is 0 Å². The molecule has 23 heavy (non-hydrogen) atoms. The minimum atomic E-state index is -0.784. The highest BCUT2D eigenvalue weighted by atomic mass is 79.9. The van der Waals surface area contributed by atoms with Crippen LogP contribution in [0.5, 0.6) is 0 Å². The Morgan fingerprint density at radius 2 is 1.91 bits per heavy atom. The highest BCUT2D eigenvalue weighted by Gasteiger charge is 2.23. The third-order valence-electron chi connectivity index (χ3n) is 3.13. The van der Waals surface area contributed by atoms with Gasteiger partial charge in [-0.15, -0.1) is 0 Å². The maximum Gasteiger partial charge on any atom is 0.312 e. The Hall–Kier alpha value is -2.09. The van der Waals surface area contributed by atoms with Crippen molar-refractivity contribution < 1.29 is 14.4 Å². The van der Waals surface area contributed by atoms with Crippen molar-refractivity contribution in [1.29, 1.82) is 0 Å². The van der Waals surface area contributed by atoms with E-state index in [0.29, 0.717) is 5.69 Å². The summed E-state index contributed by atoms with van der Waals surface area (Å²) in [6.07, 6.45) is 0. The van der Waals surface area contributed by atoms with Gasteiger partial charge in [-0.2, -0.15) is 0 Å². The molecular weight excluding hydrogens is 364 g/mol. The molecule has 1 atom stereocenters. The number of rotatable bonds is 6. The zero-order chi connectivity index (χ0) is 17.6. The summed E-state index contributed by atoms with van der Waals surface area (Å²) in [5.74, 6) is -0.967. The molecule has 5 N–H and O–H groups in total. The Kier molecular flexibility index (Phi) is 7.02. The number of amides is 4. The van der Waals surface area contributed by atoms with Gasteiger partial charge in [-0.3, -0.25) is 9.59 Å². The molecule has 8 heteroatoms. The molecular formula is C15H21BrN4O3. The molecule has 0 aromatic heterocycles. The van der Waals surface area contributed by atoms with Crippen molar-refractivity contribution in [1.82, 2.24) is 10.6 Å². The summed E-state index contributed by atoms with van der Waals surface area (Å²) in [4.78, 5) is 34.9. The first kappa shape index (κ1) is 19.0. The Balaban J connectivity index is 2.57. The predicted octanol–water partition coefficient (Wildman–Crippen LogP) is 1.51. The highest BCUT2D eigenvalue weighted by molar-refractivity contribution is 9.10. The molecule has 0 heterocycles. The predicted molar refractivity (Wildman–Crippen MR) is 91.9 cm³/mol. The van der Waals surface area contributed by atoms with Crippen LogP contribution in [0.15, 0.2) is 22.7 Å². The Morgan fingerprint density at radius 3 is 2.43 bits per heavy atom. The van der Waals surface area contributed by atoms with Gasteiger partial charge in [0, 0.05) is 10.2 Å². The van der Waals surface area contributed by atoms with Crippen LogP contribution in [-0.4, -0.2) is 30.4 Å². The Morgan fingerprint density at radius 1 is 1.26 bits per heavy atom. The van der Waals surface area contributed by atoms with Crippen molar-refractivity contribution in [3.63, 3.8) is 0 Å². The molecule has 1 rings (SSSR count). The lowest BCUT2D eigenvalue weighted by atomic mass is 10.0. The topological polar surface area (TPSA) is 113 Å². The van der Waals surface area contributed by atoms with Gasteiger partial charge in [-0.1, -0.05) is 29.8 Å². The van der Waals surface area contributed by atoms with Crippen LogP contribution in [0.4, 0.5) is 10.5 Å². The number of nitrogens with one attached hydrogen (secondary N) is 3. The smallest absolute Gasteiger partial charge is 0.312 e. The van der Waals surface area contributed by atoms with Gasteiger partial charge in [-0.25, -0.2) is 4.79 Å². The van der Waals surface area contributed by atoms with Gasteiger partial charge in [-0.05, 0) is 36.6 Å². The minimum Gasteiger partial charge on any atom is -0.352 e. The molecule has 0 fully saturated rings. The second kappa shape index (κ2) is 8.52. The average molecular weight is 385 g/mol. The third-order valence-corrected chi connectivity index (χ3v) is 3.63. The van der Waals surface area contributed by atoms with Crippen molar-refractivity contribution in [3.05, 3.63) is 28.2 Å². The zero-order valence-corrected chi connectivity index (χ0v) is 14.9. The maximum atomic E-state index is 12.0. The summed E-state index contributed by atoms with van der Waals surface area (Å²) in [6.45, 7) is 5.21. The number of carbonyl (C=O) groups excluding carboxylic acids is 3. The number of halogens is 1. The van der Waals surface area contributed by atoms with E-state index in [9.17, 15) is 14.4 Å². The molecule has 0 aliphatic heterocycles. The van der Waals surface area contributed by atoms with Gasteiger partial charge in [0.05, 0.1) is 6.54 Å². The van der Waals surface area contributed by atoms with Gasteiger partial charge in [0.25, 0.3) is 0 Å². The van der Waals surface area contributed by atoms with Crippen LogP contribution in [-0.2, 0) is 9.59 Å². The van der Waals surface area contributed by atoms with Crippen molar-refractivity contribution in [2.45, 2.75) is 26.8 Å². The summed E-state index contributed by atoms with van der Waals surface area (Å²) < 4.78 is 0.915. The number of primary amides is 1. The van der Waals surface area contributed by atoms with Crippen LogP contribution in [0.3, 0.4) is 0 Å². The average Bonchev–Trinajstić information content (AvgIpc) is 2.44. The summed E-state index contributed by atoms with van der Waals surface area (Å²) in [5, 5.41) is 7.56. The third kappa shape index (κ3) is 6.27. The highest BCUT2D eigenvalue weighted by Crippen LogP contribution is 2.19. The van der Waals surface area contributed by atoms with Crippen LogP contribution < -0.4 is 21.7 Å². The van der Waals surface area contributed by atoms with Gasteiger partial charge in [0.1, 0.15) is 6.04 Å². The lowest BCUT2D eigenvalue weighted by molar-refractivity contribution is -0.126. The second-order valence-electron chi connectivity index (χ2n) is 5.46. The number of hydrogen-bond acceptors (Lipinski definition) is 3. The molecule has 1 aromatic rings. The molecule has 0 spiro atoms. The number of aryl methyl sites for hydroxylation is 1. The summed E-state index contributed by atoms with van der Waals surface area (Å²) >= 11 is 3.35. The SMILES string of the molecule is Cc1cc(Br)ccc1NC(=O)CNC(=O)C(NC(N)=O)C(C)C. The molecule has 1 aromatic carbocycles. The lowest BCUT2D eigenvalue weighted by Crippen LogP contribution is -2.52. The first-order valence-electron chi connectivity index (χ1n) is 7.10. The lowest BCUT2D eigenvalue weighted by Gasteiger charge is -2.20. The fraction of sp³-hybridized carbons (Fsp3) is 0.400. The second-order valence-corrected chi connectivity index (χ2v) is 6.37.